The third kappa shape index (κ3) is 4.51. The summed E-state index contributed by atoms with van der Waals surface area (Å²) in [4.78, 5) is 30.4. The van der Waals surface area contributed by atoms with Crippen molar-refractivity contribution in [1.29, 1.82) is 0 Å². The van der Waals surface area contributed by atoms with Crippen molar-refractivity contribution in [3.63, 3.8) is 0 Å². The first-order chi connectivity index (χ1) is 13.7. The van der Waals surface area contributed by atoms with E-state index in [0.717, 1.165) is 25.6 Å². The summed E-state index contributed by atoms with van der Waals surface area (Å²) < 4.78 is 5.85. The number of aromatic amines is 2. The molecular weight excluding hydrogens is 354 g/mol. The van der Waals surface area contributed by atoms with Crippen LogP contribution in [0.3, 0.4) is 0 Å². The number of ether oxygens (including phenoxy) is 1. The predicted octanol–water partition coefficient (Wildman–Crippen LogP) is 2.55. The van der Waals surface area contributed by atoms with Crippen LogP contribution in [0.2, 0.25) is 0 Å². The van der Waals surface area contributed by atoms with Crippen molar-refractivity contribution in [1.82, 2.24) is 14.9 Å². The van der Waals surface area contributed by atoms with Gasteiger partial charge in [0.25, 0.3) is 0 Å². The highest BCUT2D eigenvalue weighted by atomic mass is 16.5. The summed E-state index contributed by atoms with van der Waals surface area (Å²) in [6.45, 7) is 3.70. The Hall–Kier alpha value is -2.86. The molecule has 0 radical (unpaired) electrons. The van der Waals surface area contributed by atoms with Gasteiger partial charge in [0.1, 0.15) is 12.4 Å². The van der Waals surface area contributed by atoms with Crippen LogP contribution in [0.25, 0.3) is 11.0 Å². The van der Waals surface area contributed by atoms with Crippen molar-refractivity contribution in [3.05, 3.63) is 74.8 Å². The van der Waals surface area contributed by atoms with Crippen molar-refractivity contribution < 1.29 is 4.74 Å². The molecule has 0 bridgehead atoms. The molecule has 2 N–H and O–H groups in total. The Morgan fingerprint density at radius 1 is 0.929 bits per heavy atom. The van der Waals surface area contributed by atoms with Crippen molar-refractivity contribution in [2.45, 2.75) is 19.3 Å². The molecule has 0 amide bonds. The molecule has 6 heteroatoms. The molecule has 1 aliphatic rings. The van der Waals surface area contributed by atoms with Crippen molar-refractivity contribution >= 4 is 11.0 Å². The maximum Gasteiger partial charge on any atom is 0.314 e. The Labute approximate surface area is 163 Å². The Balaban J connectivity index is 1.25. The Morgan fingerprint density at radius 3 is 2.39 bits per heavy atom. The first-order valence-corrected chi connectivity index (χ1v) is 9.83. The normalized spacial score (nSPS) is 15.7. The summed E-state index contributed by atoms with van der Waals surface area (Å²) in [5, 5.41) is 0. The molecule has 28 heavy (non-hydrogen) atoms. The van der Waals surface area contributed by atoms with E-state index in [9.17, 15) is 9.59 Å². The van der Waals surface area contributed by atoms with Gasteiger partial charge in [-0.1, -0.05) is 30.3 Å². The molecule has 0 atom stereocenters. The summed E-state index contributed by atoms with van der Waals surface area (Å²) in [6, 6.07) is 16.0. The number of likely N-dealkylation sites (tertiary alicyclic amines) is 1. The lowest BCUT2D eigenvalue weighted by Gasteiger charge is -2.31. The van der Waals surface area contributed by atoms with Gasteiger partial charge in [-0.2, -0.15) is 0 Å². The SMILES string of the molecule is O=c1[nH]c2ccc(OCCN3CCC(Cc4ccccc4)CC3)cc2[nH]c1=O. The van der Waals surface area contributed by atoms with E-state index in [2.05, 4.69) is 45.2 Å². The molecule has 0 spiro atoms. The fraction of sp³-hybridized carbons (Fsp3) is 0.364. The van der Waals surface area contributed by atoms with Gasteiger partial charge < -0.3 is 14.7 Å². The third-order valence-corrected chi connectivity index (χ3v) is 5.44. The van der Waals surface area contributed by atoms with Gasteiger partial charge >= 0.3 is 11.1 Å². The van der Waals surface area contributed by atoms with E-state index < -0.39 is 11.1 Å². The number of H-pyrrole nitrogens is 2. The maximum atomic E-state index is 11.5. The summed E-state index contributed by atoms with van der Waals surface area (Å²) in [5.41, 5.74) is 1.31. The fourth-order valence-electron chi connectivity index (χ4n) is 3.84. The van der Waals surface area contributed by atoms with Gasteiger partial charge in [-0.15, -0.1) is 0 Å². The second kappa shape index (κ2) is 8.44. The zero-order valence-corrected chi connectivity index (χ0v) is 15.8. The van der Waals surface area contributed by atoms with E-state index in [4.69, 9.17) is 4.74 Å². The number of aromatic nitrogens is 2. The Morgan fingerprint density at radius 2 is 1.64 bits per heavy atom. The van der Waals surface area contributed by atoms with E-state index in [0.29, 0.717) is 23.4 Å². The molecule has 2 aromatic carbocycles. The molecule has 146 valence electrons. The predicted molar refractivity (Wildman–Crippen MR) is 110 cm³/mol. The largest absolute Gasteiger partial charge is 0.492 e. The van der Waals surface area contributed by atoms with Gasteiger partial charge in [0.2, 0.25) is 0 Å². The van der Waals surface area contributed by atoms with E-state index >= 15 is 0 Å². The van der Waals surface area contributed by atoms with Gasteiger partial charge in [0.15, 0.2) is 0 Å². The first kappa shape index (κ1) is 18.5. The van der Waals surface area contributed by atoms with Crippen molar-refractivity contribution in [3.8, 4) is 5.75 Å². The lowest BCUT2D eigenvalue weighted by atomic mass is 9.90. The number of hydrogen-bond acceptors (Lipinski definition) is 4. The van der Waals surface area contributed by atoms with Crippen LogP contribution in [0.15, 0.2) is 58.1 Å². The van der Waals surface area contributed by atoms with E-state index in [1.807, 2.05) is 6.07 Å². The zero-order chi connectivity index (χ0) is 19.3. The van der Waals surface area contributed by atoms with Gasteiger partial charge in [-0.05, 0) is 56.0 Å². The molecule has 1 fully saturated rings. The van der Waals surface area contributed by atoms with Crippen LogP contribution in [0.5, 0.6) is 5.75 Å². The van der Waals surface area contributed by atoms with Crippen LogP contribution in [0, 0.1) is 5.92 Å². The summed E-state index contributed by atoms with van der Waals surface area (Å²) in [6.07, 6.45) is 3.61. The highest BCUT2D eigenvalue weighted by molar-refractivity contribution is 5.75. The van der Waals surface area contributed by atoms with Crippen molar-refractivity contribution in [2.24, 2.45) is 5.92 Å². The molecule has 1 aromatic heterocycles. The minimum absolute atomic E-state index is 0.573. The topological polar surface area (TPSA) is 78.2 Å². The number of nitrogens with one attached hydrogen (secondary N) is 2. The van der Waals surface area contributed by atoms with Gasteiger partial charge in [0, 0.05) is 12.6 Å². The zero-order valence-electron chi connectivity index (χ0n) is 15.8. The van der Waals surface area contributed by atoms with Crippen LogP contribution in [0.1, 0.15) is 18.4 Å². The molecule has 1 saturated heterocycles. The number of hydrogen-bond donors (Lipinski definition) is 2. The third-order valence-electron chi connectivity index (χ3n) is 5.44. The molecular formula is C22H25N3O3. The van der Waals surface area contributed by atoms with E-state index in [1.54, 1.807) is 12.1 Å². The van der Waals surface area contributed by atoms with E-state index in [1.165, 1.54) is 24.8 Å². The van der Waals surface area contributed by atoms with Gasteiger partial charge in [0.05, 0.1) is 11.0 Å². The molecule has 1 aliphatic heterocycles. The second-order valence-electron chi connectivity index (χ2n) is 7.44. The fourth-order valence-corrected chi connectivity index (χ4v) is 3.84. The van der Waals surface area contributed by atoms with Gasteiger partial charge in [-0.25, -0.2) is 0 Å². The molecule has 0 aliphatic carbocycles. The molecule has 3 aromatic rings. The Kier molecular flexibility index (Phi) is 5.58. The smallest absolute Gasteiger partial charge is 0.314 e. The molecule has 6 nitrogen and oxygen atoms in total. The van der Waals surface area contributed by atoms with Crippen LogP contribution in [0.4, 0.5) is 0 Å². The van der Waals surface area contributed by atoms with E-state index in [-0.39, 0.29) is 0 Å². The first-order valence-electron chi connectivity index (χ1n) is 9.83. The van der Waals surface area contributed by atoms with Crippen LogP contribution in [-0.2, 0) is 6.42 Å². The minimum Gasteiger partial charge on any atom is -0.492 e. The average molecular weight is 379 g/mol. The maximum absolute atomic E-state index is 11.5. The molecule has 0 unspecified atom stereocenters. The molecule has 4 rings (SSSR count). The molecule has 2 heterocycles. The Bertz CT molecular complexity index is 1030. The average Bonchev–Trinajstić information content (AvgIpc) is 2.71. The second-order valence-corrected chi connectivity index (χ2v) is 7.44. The highest BCUT2D eigenvalue weighted by Crippen LogP contribution is 2.22. The summed E-state index contributed by atoms with van der Waals surface area (Å²) in [7, 11) is 0. The van der Waals surface area contributed by atoms with Crippen LogP contribution >= 0.6 is 0 Å². The standard InChI is InChI=1S/C22H25N3O3/c26-21-22(27)24-20-15-18(6-7-19(20)23-21)28-13-12-25-10-8-17(9-11-25)14-16-4-2-1-3-5-16/h1-7,15,17H,8-14H2,(H,23,26)(H,24,27). The van der Waals surface area contributed by atoms with Crippen LogP contribution < -0.4 is 15.9 Å². The lowest BCUT2D eigenvalue weighted by molar-refractivity contribution is 0.155. The summed E-state index contributed by atoms with van der Waals surface area (Å²) in [5.74, 6) is 1.45. The summed E-state index contributed by atoms with van der Waals surface area (Å²) >= 11 is 0. The van der Waals surface area contributed by atoms with Gasteiger partial charge in [-0.3, -0.25) is 14.5 Å². The quantitative estimate of drug-likeness (QED) is 0.645. The number of rotatable bonds is 6. The van der Waals surface area contributed by atoms with Crippen LogP contribution in [-0.4, -0.2) is 41.1 Å². The van der Waals surface area contributed by atoms with Crippen molar-refractivity contribution in [2.75, 3.05) is 26.2 Å². The minimum atomic E-state index is -0.650. The highest BCUT2D eigenvalue weighted by Gasteiger charge is 2.19. The number of nitrogens with zero attached hydrogens (tertiary/aromatic N) is 1. The molecule has 0 saturated carbocycles. The number of piperidine rings is 1. The number of fused-ring (bicyclic) bond motifs is 1. The monoisotopic (exact) mass is 379 g/mol. The lowest BCUT2D eigenvalue weighted by Crippen LogP contribution is -2.37. The number of benzene rings is 2.